The summed E-state index contributed by atoms with van der Waals surface area (Å²) in [4.78, 5) is 12.0. The molecule has 1 aliphatic carbocycles. The van der Waals surface area contributed by atoms with Crippen LogP contribution < -0.4 is 0 Å². The average molecular weight is 283 g/mol. The Balaban J connectivity index is 2.56. The first-order valence-corrected chi connectivity index (χ1v) is 6.97. The third-order valence-electron chi connectivity index (χ3n) is 4.48. The molecule has 0 unspecified atom stereocenters. The van der Waals surface area contributed by atoms with E-state index in [9.17, 15) is 10.1 Å². The Morgan fingerprint density at radius 2 is 1.80 bits per heavy atom. The Morgan fingerprint density at radius 3 is 2.20 bits per heavy atom. The summed E-state index contributed by atoms with van der Waals surface area (Å²) in [6.07, 6.45) is 1.65. The number of rotatable bonds is 6. The number of hydrogen-bond acceptors (Lipinski definition) is 5. The maximum absolute atomic E-state index is 12.0. The van der Waals surface area contributed by atoms with Gasteiger partial charge in [-0.05, 0) is 31.6 Å². The second kappa shape index (κ2) is 6.55. The van der Waals surface area contributed by atoms with E-state index in [-0.39, 0.29) is 19.0 Å². The van der Waals surface area contributed by atoms with E-state index < -0.39 is 11.2 Å². The topological polar surface area (TPSA) is 68.5 Å². The third kappa shape index (κ3) is 3.94. The standard InChI is InChI=1S/C15H25NO4/c1-11-6-15(9-16,7-12(11)2)8-13(17)20-10-14(3,18-4)19-5/h11-12H,6-8,10H2,1-5H3/t11-,12-/m0/s1. The van der Waals surface area contributed by atoms with Gasteiger partial charge in [0.15, 0.2) is 5.79 Å². The van der Waals surface area contributed by atoms with Crippen molar-refractivity contribution >= 4 is 5.97 Å². The average Bonchev–Trinajstić information content (AvgIpc) is 2.71. The van der Waals surface area contributed by atoms with Crippen LogP contribution in [0.3, 0.4) is 0 Å². The molecule has 114 valence electrons. The van der Waals surface area contributed by atoms with E-state index in [1.165, 1.54) is 14.2 Å². The summed E-state index contributed by atoms with van der Waals surface area (Å²) in [5.74, 6) is -0.379. The molecule has 1 saturated carbocycles. The predicted octanol–water partition coefficient (Wildman–Crippen LogP) is 2.50. The molecule has 0 N–H and O–H groups in total. The lowest BCUT2D eigenvalue weighted by molar-refractivity contribution is -0.223. The van der Waals surface area contributed by atoms with Crippen molar-refractivity contribution in [2.75, 3.05) is 20.8 Å². The molecular weight excluding hydrogens is 258 g/mol. The monoisotopic (exact) mass is 283 g/mol. The molecule has 5 nitrogen and oxygen atoms in total. The first-order chi connectivity index (χ1) is 9.29. The Labute approximate surface area is 121 Å². The number of methoxy groups -OCH3 is 2. The van der Waals surface area contributed by atoms with Crippen LogP contribution in [0.4, 0.5) is 0 Å². The van der Waals surface area contributed by atoms with Gasteiger partial charge < -0.3 is 14.2 Å². The van der Waals surface area contributed by atoms with E-state index in [1.54, 1.807) is 6.92 Å². The Morgan fingerprint density at radius 1 is 1.30 bits per heavy atom. The van der Waals surface area contributed by atoms with Crippen LogP contribution in [0.5, 0.6) is 0 Å². The summed E-state index contributed by atoms with van der Waals surface area (Å²) in [5.41, 5.74) is -0.577. The van der Waals surface area contributed by atoms with Crippen LogP contribution in [0.25, 0.3) is 0 Å². The van der Waals surface area contributed by atoms with Gasteiger partial charge in [-0.2, -0.15) is 5.26 Å². The molecule has 2 atom stereocenters. The highest BCUT2D eigenvalue weighted by Crippen LogP contribution is 2.47. The van der Waals surface area contributed by atoms with Crippen LogP contribution in [0.15, 0.2) is 0 Å². The number of nitrogens with zero attached hydrogens (tertiary/aromatic N) is 1. The van der Waals surface area contributed by atoms with Crippen molar-refractivity contribution in [3.8, 4) is 6.07 Å². The Kier molecular flexibility index (Phi) is 5.55. The molecule has 0 aromatic rings. The quantitative estimate of drug-likeness (QED) is 0.553. The predicted molar refractivity (Wildman–Crippen MR) is 73.6 cm³/mol. The normalized spacial score (nSPS) is 25.2. The first-order valence-electron chi connectivity index (χ1n) is 6.97. The third-order valence-corrected chi connectivity index (χ3v) is 4.48. The highest BCUT2D eigenvalue weighted by atomic mass is 16.7. The van der Waals surface area contributed by atoms with Crippen molar-refractivity contribution in [2.24, 2.45) is 17.3 Å². The van der Waals surface area contributed by atoms with E-state index in [2.05, 4.69) is 19.9 Å². The summed E-state index contributed by atoms with van der Waals surface area (Å²) in [6.45, 7) is 5.97. The summed E-state index contributed by atoms with van der Waals surface area (Å²) in [7, 11) is 2.99. The zero-order valence-electron chi connectivity index (χ0n) is 13.1. The molecule has 0 amide bonds. The number of carbonyl (C=O) groups excluding carboxylic acids is 1. The largest absolute Gasteiger partial charge is 0.460 e. The van der Waals surface area contributed by atoms with Crippen molar-refractivity contribution in [3.05, 3.63) is 0 Å². The number of nitriles is 1. The van der Waals surface area contributed by atoms with Crippen LogP contribution in [0.2, 0.25) is 0 Å². The van der Waals surface area contributed by atoms with Gasteiger partial charge in [-0.3, -0.25) is 4.79 Å². The zero-order chi connectivity index (χ0) is 15.4. The molecule has 0 saturated heterocycles. The molecule has 0 aliphatic heterocycles. The molecule has 0 heterocycles. The number of carbonyl (C=O) groups is 1. The van der Waals surface area contributed by atoms with Crippen molar-refractivity contribution < 1.29 is 19.0 Å². The minimum Gasteiger partial charge on any atom is -0.460 e. The van der Waals surface area contributed by atoms with E-state index in [0.717, 1.165) is 12.8 Å². The van der Waals surface area contributed by atoms with Gasteiger partial charge in [0.05, 0.1) is 17.9 Å². The van der Waals surface area contributed by atoms with Crippen LogP contribution >= 0.6 is 0 Å². The highest BCUT2D eigenvalue weighted by molar-refractivity contribution is 5.71. The maximum atomic E-state index is 12.0. The first kappa shape index (κ1) is 16.9. The van der Waals surface area contributed by atoms with E-state index in [1.807, 2.05) is 0 Å². The summed E-state index contributed by atoms with van der Waals surface area (Å²) >= 11 is 0. The van der Waals surface area contributed by atoms with Gasteiger partial charge in [0.2, 0.25) is 0 Å². The lowest BCUT2D eigenvalue weighted by Crippen LogP contribution is -2.37. The van der Waals surface area contributed by atoms with Gasteiger partial charge in [-0.1, -0.05) is 13.8 Å². The minimum atomic E-state index is -0.939. The number of esters is 1. The fraction of sp³-hybridized carbons (Fsp3) is 0.867. The zero-order valence-corrected chi connectivity index (χ0v) is 13.1. The van der Waals surface area contributed by atoms with Crippen LogP contribution in [0, 0.1) is 28.6 Å². The molecule has 20 heavy (non-hydrogen) atoms. The fourth-order valence-electron chi connectivity index (χ4n) is 2.73. The molecule has 0 aromatic carbocycles. The Bertz CT molecular complexity index is 374. The van der Waals surface area contributed by atoms with Gasteiger partial charge in [-0.25, -0.2) is 0 Å². The van der Waals surface area contributed by atoms with Crippen LogP contribution in [0.1, 0.15) is 40.0 Å². The smallest absolute Gasteiger partial charge is 0.307 e. The van der Waals surface area contributed by atoms with Gasteiger partial charge in [-0.15, -0.1) is 0 Å². The van der Waals surface area contributed by atoms with Crippen molar-refractivity contribution in [1.82, 2.24) is 0 Å². The molecular formula is C15H25NO4. The molecule has 1 aliphatic rings. The van der Waals surface area contributed by atoms with Crippen molar-refractivity contribution in [1.29, 1.82) is 5.26 Å². The van der Waals surface area contributed by atoms with Gasteiger partial charge in [0.1, 0.15) is 6.61 Å². The van der Waals surface area contributed by atoms with Gasteiger partial charge >= 0.3 is 5.97 Å². The summed E-state index contributed by atoms with van der Waals surface area (Å²) in [6, 6.07) is 2.33. The summed E-state index contributed by atoms with van der Waals surface area (Å²) in [5, 5.41) is 9.41. The number of hydrogen-bond donors (Lipinski definition) is 0. The van der Waals surface area contributed by atoms with Gasteiger partial charge in [0, 0.05) is 14.2 Å². The SMILES string of the molecule is COC(C)(COC(=O)CC1(C#N)C[C@H](C)[C@@H](C)C1)OC. The van der Waals surface area contributed by atoms with Gasteiger partial charge in [0.25, 0.3) is 0 Å². The lowest BCUT2D eigenvalue weighted by Gasteiger charge is -2.26. The molecule has 1 rings (SSSR count). The molecule has 5 heteroatoms. The molecule has 0 radical (unpaired) electrons. The molecule has 0 spiro atoms. The lowest BCUT2D eigenvalue weighted by atomic mass is 9.83. The van der Waals surface area contributed by atoms with Crippen molar-refractivity contribution in [3.63, 3.8) is 0 Å². The maximum Gasteiger partial charge on any atom is 0.307 e. The van der Waals surface area contributed by atoms with E-state index in [0.29, 0.717) is 11.8 Å². The minimum absolute atomic E-state index is 0.0193. The Hall–Kier alpha value is -1.12. The molecule has 0 bridgehead atoms. The molecule has 0 aromatic heterocycles. The summed E-state index contributed by atoms with van der Waals surface area (Å²) < 4.78 is 15.5. The number of ether oxygens (including phenoxy) is 3. The van der Waals surface area contributed by atoms with E-state index >= 15 is 0 Å². The molecule has 1 fully saturated rings. The highest BCUT2D eigenvalue weighted by Gasteiger charge is 2.44. The second-order valence-electron chi connectivity index (χ2n) is 6.13. The van der Waals surface area contributed by atoms with Crippen LogP contribution in [-0.2, 0) is 19.0 Å². The second-order valence-corrected chi connectivity index (χ2v) is 6.13. The van der Waals surface area contributed by atoms with E-state index in [4.69, 9.17) is 14.2 Å². The fourth-order valence-corrected chi connectivity index (χ4v) is 2.73. The van der Waals surface area contributed by atoms with Crippen molar-refractivity contribution in [2.45, 2.75) is 45.8 Å². The van der Waals surface area contributed by atoms with Crippen LogP contribution in [-0.4, -0.2) is 32.6 Å².